The SMILES string of the molecule is COc1ccc(OCCN2C(=O)N[C@@](C)(c3ccc(Cl)cc3Cl)C2=O)cc1. The maximum absolute atomic E-state index is 12.9. The summed E-state index contributed by atoms with van der Waals surface area (Å²) in [5, 5.41) is 3.48. The van der Waals surface area contributed by atoms with Gasteiger partial charge in [-0.15, -0.1) is 0 Å². The third-order valence-electron chi connectivity index (χ3n) is 4.39. The summed E-state index contributed by atoms with van der Waals surface area (Å²) in [6, 6.07) is 11.4. The van der Waals surface area contributed by atoms with Gasteiger partial charge < -0.3 is 14.8 Å². The molecule has 1 N–H and O–H groups in total. The summed E-state index contributed by atoms with van der Waals surface area (Å²) in [6.07, 6.45) is 0. The lowest BCUT2D eigenvalue weighted by molar-refractivity contribution is -0.131. The van der Waals surface area contributed by atoms with Crippen LogP contribution in [0.4, 0.5) is 4.79 Å². The molecule has 1 fully saturated rings. The summed E-state index contributed by atoms with van der Waals surface area (Å²) in [5.74, 6) is 0.938. The van der Waals surface area contributed by atoms with E-state index >= 15 is 0 Å². The van der Waals surface area contributed by atoms with Crippen molar-refractivity contribution in [2.75, 3.05) is 20.3 Å². The smallest absolute Gasteiger partial charge is 0.325 e. The second-order valence-corrected chi connectivity index (χ2v) is 7.00. The lowest BCUT2D eigenvalue weighted by Gasteiger charge is -2.23. The van der Waals surface area contributed by atoms with Gasteiger partial charge in [0.1, 0.15) is 23.6 Å². The number of nitrogens with zero attached hydrogens (tertiary/aromatic N) is 1. The molecule has 2 aromatic carbocycles. The van der Waals surface area contributed by atoms with Gasteiger partial charge in [-0.25, -0.2) is 4.79 Å². The minimum atomic E-state index is -1.25. The predicted molar refractivity (Wildman–Crippen MR) is 103 cm³/mol. The molecule has 1 heterocycles. The average molecular weight is 409 g/mol. The molecule has 6 nitrogen and oxygen atoms in total. The molecule has 0 unspecified atom stereocenters. The zero-order valence-corrected chi connectivity index (χ0v) is 16.3. The van der Waals surface area contributed by atoms with E-state index in [4.69, 9.17) is 32.7 Å². The van der Waals surface area contributed by atoms with E-state index < -0.39 is 17.5 Å². The summed E-state index contributed by atoms with van der Waals surface area (Å²) >= 11 is 12.1. The Balaban J connectivity index is 1.68. The first-order chi connectivity index (χ1) is 12.8. The number of amides is 3. The van der Waals surface area contributed by atoms with Gasteiger partial charge >= 0.3 is 6.03 Å². The molecule has 0 radical (unpaired) electrons. The number of nitrogens with one attached hydrogen (secondary N) is 1. The van der Waals surface area contributed by atoms with E-state index in [1.165, 1.54) is 0 Å². The minimum absolute atomic E-state index is 0.109. The second-order valence-electron chi connectivity index (χ2n) is 6.16. The summed E-state index contributed by atoms with van der Waals surface area (Å²) in [5.41, 5.74) is -0.760. The second kappa shape index (κ2) is 7.66. The zero-order chi connectivity index (χ0) is 19.6. The van der Waals surface area contributed by atoms with Crippen molar-refractivity contribution in [2.45, 2.75) is 12.5 Å². The number of hydrogen-bond acceptors (Lipinski definition) is 4. The van der Waals surface area contributed by atoms with Gasteiger partial charge in [0.05, 0.1) is 13.7 Å². The van der Waals surface area contributed by atoms with Crippen molar-refractivity contribution >= 4 is 35.1 Å². The summed E-state index contributed by atoms with van der Waals surface area (Å²) in [4.78, 5) is 26.3. The Hall–Kier alpha value is -2.44. The molecular formula is C19H18Cl2N2O4. The molecule has 142 valence electrons. The topological polar surface area (TPSA) is 67.9 Å². The van der Waals surface area contributed by atoms with Gasteiger partial charge in [-0.05, 0) is 43.3 Å². The molecule has 27 heavy (non-hydrogen) atoms. The first kappa shape index (κ1) is 19.3. The van der Waals surface area contributed by atoms with Crippen molar-refractivity contribution < 1.29 is 19.1 Å². The number of carbonyl (C=O) groups is 2. The summed E-state index contributed by atoms with van der Waals surface area (Å²) < 4.78 is 10.7. The zero-order valence-electron chi connectivity index (χ0n) is 14.8. The van der Waals surface area contributed by atoms with Crippen LogP contribution in [0.25, 0.3) is 0 Å². The number of imide groups is 1. The molecule has 1 aliphatic heterocycles. The molecule has 0 aliphatic carbocycles. The highest BCUT2D eigenvalue weighted by molar-refractivity contribution is 6.35. The third kappa shape index (κ3) is 3.82. The Labute approximate surface area is 167 Å². The van der Waals surface area contributed by atoms with E-state index in [2.05, 4.69) is 5.32 Å². The number of hydrogen-bond donors (Lipinski definition) is 1. The Bertz CT molecular complexity index is 873. The highest BCUT2D eigenvalue weighted by Gasteiger charge is 2.49. The Morgan fingerprint density at radius 2 is 1.74 bits per heavy atom. The van der Waals surface area contributed by atoms with Gasteiger partial charge in [0.2, 0.25) is 0 Å². The van der Waals surface area contributed by atoms with E-state index in [0.717, 1.165) is 4.90 Å². The maximum Gasteiger partial charge on any atom is 0.325 e. The highest BCUT2D eigenvalue weighted by atomic mass is 35.5. The molecule has 0 aromatic heterocycles. The minimum Gasteiger partial charge on any atom is -0.497 e. The fourth-order valence-electron chi connectivity index (χ4n) is 2.90. The fourth-order valence-corrected chi connectivity index (χ4v) is 3.50. The van der Waals surface area contributed by atoms with Crippen LogP contribution in [0.5, 0.6) is 11.5 Å². The Morgan fingerprint density at radius 1 is 1.07 bits per heavy atom. The lowest BCUT2D eigenvalue weighted by atomic mass is 9.92. The van der Waals surface area contributed by atoms with Gasteiger partial charge in [-0.1, -0.05) is 29.3 Å². The van der Waals surface area contributed by atoms with Crippen LogP contribution in [0.15, 0.2) is 42.5 Å². The third-order valence-corrected chi connectivity index (χ3v) is 4.94. The first-order valence-corrected chi connectivity index (χ1v) is 8.97. The monoisotopic (exact) mass is 408 g/mol. The molecule has 1 atom stereocenters. The predicted octanol–water partition coefficient (Wildman–Crippen LogP) is 3.85. The van der Waals surface area contributed by atoms with Crippen LogP contribution in [-0.2, 0) is 10.3 Å². The van der Waals surface area contributed by atoms with Gasteiger partial charge in [0.15, 0.2) is 0 Å². The molecule has 0 bridgehead atoms. The molecular weight excluding hydrogens is 391 g/mol. The van der Waals surface area contributed by atoms with Gasteiger partial charge in [0.25, 0.3) is 5.91 Å². The molecule has 0 saturated carbocycles. The number of benzene rings is 2. The number of carbonyl (C=O) groups excluding carboxylic acids is 2. The van der Waals surface area contributed by atoms with E-state index in [1.807, 2.05) is 0 Å². The van der Waals surface area contributed by atoms with Crippen molar-refractivity contribution in [3.63, 3.8) is 0 Å². The van der Waals surface area contributed by atoms with Crippen LogP contribution in [0, 0.1) is 0 Å². The molecule has 3 rings (SSSR count). The van der Waals surface area contributed by atoms with Gasteiger partial charge in [0, 0.05) is 15.6 Å². The van der Waals surface area contributed by atoms with Crippen molar-refractivity contribution in [3.8, 4) is 11.5 Å². The number of ether oxygens (including phenoxy) is 2. The fraction of sp³-hybridized carbons (Fsp3) is 0.263. The van der Waals surface area contributed by atoms with Crippen LogP contribution in [-0.4, -0.2) is 37.1 Å². The molecule has 0 spiro atoms. The van der Waals surface area contributed by atoms with Crippen LogP contribution >= 0.6 is 23.2 Å². The van der Waals surface area contributed by atoms with Crippen molar-refractivity contribution in [2.24, 2.45) is 0 Å². The quantitative estimate of drug-likeness (QED) is 0.737. The summed E-state index contributed by atoms with van der Waals surface area (Å²) in [7, 11) is 1.58. The van der Waals surface area contributed by atoms with Crippen LogP contribution in [0.1, 0.15) is 12.5 Å². The molecule has 1 saturated heterocycles. The summed E-state index contributed by atoms with van der Waals surface area (Å²) in [6.45, 7) is 1.89. The van der Waals surface area contributed by atoms with E-state index in [0.29, 0.717) is 27.1 Å². The standard InChI is InChI=1S/C19H18Cl2N2O4/c1-19(15-8-3-12(20)11-16(15)21)17(24)23(18(25)22-19)9-10-27-14-6-4-13(26-2)5-7-14/h3-8,11H,9-10H2,1-2H3,(H,22,25)/t19-/m0/s1. The van der Waals surface area contributed by atoms with Crippen molar-refractivity contribution in [1.82, 2.24) is 10.2 Å². The van der Waals surface area contributed by atoms with Crippen molar-refractivity contribution in [1.29, 1.82) is 0 Å². The number of methoxy groups -OCH3 is 1. The number of halogens is 2. The van der Waals surface area contributed by atoms with Crippen molar-refractivity contribution in [3.05, 3.63) is 58.1 Å². The Morgan fingerprint density at radius 3 is 2.37 bits per heavy atom. The van der Waals surface area contributed by atoms with E-state index in [-0.39, 0.29) is 13.2 Å². The maximum atomic E-state index is 12.9. The largest absolute Gasteiger partial charge is 0.497 e. The van der Waals surface area contributed by atoms with Gasteiger partial charge in [-0.3, -0.25) is 9.69 Å². The van der Waals surface area contributed by atoms with Crippen LogP contribution in [0.3, 0.4) is 0 Å². The lowest BCUT2D eigenvalue weighted by Crippen LogP contribution is -2.41. The highest BCUT2D eigenvalue weighted by Crippen LogP contribution is 2.34. The Kier molecular flexibility index (Phi) is 5.48. The normalized spacial score (nSPS) is 19.2. The molecule has 8 heteroatoms. The number of rotatable bonds is 6. The van der Waals surface area contributed by atoms with E-state index in [1.54, 1.807) is 56.5 Å². The van der Waals surface area contributed by atoms with Crippen LogP contribution < -0.4 is 14.8 Å². The number of urea groups is 1. The van der Waals surface area contributed by atoms with E-state index in [9.17, 15) is 9.59 Å². The van der Waals surface area contributed by atoms with Crippen LogP contribution in [0.2, 0.25) is 10.0 Å². The van der Waals surface area contributed by atoms with Gasteiger partial charge in [-0.2, -0.15) is 0 Å². The average Bonchev–Trinajstić information content (AvgIpc) is 2.85. The molecule has 1 aliphatic rings. The molecule has 3 amide bonds. The first-order valence-electron chi connectivity index (χ1n) is 8.21. The molecule has 2 aromatic rings.